The number of rotatable bonds is 8. The van der Waals surface area contributed by atoms with Crippen LogP contribution in [0.1, 0.15) is 43.2 Å². The molecule has 2 aliphatic rings. The fraction of sp³-hybridized carbons (Fsp3) is 0.481. The molecule has 8 nitrogen and oxygen atoms in total. The van der Waals surface area contributed by atoms with Crippen molar-refractivity contribution in [2.75, 3.05) is 37.5 Å². The molecular formula is C27H37N5O3. The van der Waals surface area contributed by atoms with Crippen LogP contribution in [0.25, 0.3) is 0 Å². The number of aromatic amines is 1. The van der Waals surface area contributed by atoms with Gasteiger partial charge in [0, 0.05) is 60.2 Å². The Bertz CT molecular complexity index is 1060. The van der Waals surface area contributed by atoms with Gasteiger partial charge in [0.1, 0.15) is 11.5 Å². The number of hydrogen-bond donors (Lipinski definition) is 3. The van der Waals surface area contributed by atoms with Crippen LogP contribution in [-0.2, 0) is 15.9 Å². The average Bonchev–Trinajstić information content (AvgIpc) is 3.30. The average molecular weight is 480 g/mol. The number of ether oxygens (including phenoxy) is 2. The smallest absolute Gasteiger partial charge is 0.256 e. The van der Waals surface area contributed by atoms with Crippen molar-refractivity contribution in [1.82, 2.24) is 15.5 Å². The number of carbonyl (C=O) groups is 1. The Morgan fingerprint density at radius 1 is 1.11 bits per heavy atom. The highest BCUT2D eigenvalue weighted by Gasteiger charge is 2.25. The summed E-state index contributed by atoms with van der Waals surface area (Å²) in [5, 5.41) is 13.8. The second-order valence-corrected chi connectivity index (χ2v) is 9.67. The highest BCUT2D eigenvalue weighted by molar-refractivity contribution is 6.03. The van der Waals surface area contributed by atoms with E-state index in [0.29, 0.717) is 29.4 Å². The Balaban J connectivity index is 1.32. The summed E-state index contributed by atoms with van der Waals surface area (Å²) in [4.78, 5) is 15.1. The van der Waals surface area contributed by atoms with Crippen LogP contribution in [0.2, 0.25) is 0 Å². The first-order chi connectivity index (χ1) is 16.9. The number of nitrogens with zero attached hydrogens (tertiary/aromatic N) is 2. The van der Waals surface area contributed by atoms with Crippen LogP contribution in [0.3, 0.4) is 0 Å². The number of anilines is 2. The van der Waals surface area contributed by atoms with Gasteiger partial charge < -0.3 is 25.0 Å². The number of piperazine rings is 1. The number of amides is 1. The van der Waals surface area contributed by atoms with Crippen LogP contribution in [-0.4, -0.2) is 55.5 Å². The highest BCUT2D eigenvalue weighted by Crippen LogP contribution is 2.32. The third-order valence-electron chi connectivity index (χ3n) is 6.90. The quantitative estimate of drug-likeness (QED) is 0.528. The van der Waals surface area contributed by atoms with Gasteiger partial charge in [0.05, 0.1) is 14.2 Å². The van der Waals surface area contributed by atoms with Gasteiger partial charge in [0.15, 0.2) is 5.82 Å². The molecule has 0 radical (unpaired) electrons. The summed E-state index contributed by atoms with van der Waals surface area (Å²) in [5.74, 6) is 2.69. The van der Waals surface area contributed by atoms with Gasteiger partial charge in [-0.3, -0.25) is 9.89 Å². The minimum Gasteiger partial charge on any atom is -0.501 e. The van der Waals surface area contributed by atoms with Crippen molar-refractivity contribution in [3.05, 3.63) is 65.3 Å². The summed E-state index contributed by atoms with van der Waals surface area (Å²) in [6, 6.07) is 10.6. The Hall–Kier alpha value is -3.26. The van der Waals surface area contributed by atoms with E-state index in [9.17, 15) is 4.79 Å². The lowest BCUT2D eigenvalue weighted by molar-refractivity contribution is 0.102. The van der Waals surface area contributed by atoms with E-state index in [1.165, 1.54) is 0 Å². The van der Waals surface area contributed by atoms with Crippen molar-refractivity contribution < 1.29 is 14.3 Å². The summed E-state index contributed by atoms with van der Waals surface area (Å²) >= 11 is 0. The normalized spacial score (nSPS) is 24.4. The minimum absolute atomic E-state index is 0.167. The topological polar surface area (TPSA) is 91.5 Å². The molecule has 1 saturated heterocycles. The maximum absolute atomic E-state index is 12.8. The van der Waals surface area contributed by atoms with Gasteiger partial charge in [-0.25, -0.2) is 0 Å². The number of hydrogen-bond acceptors (Lipinski definition) is 6. The fourth-order valence-corrected chi connectivity index (χ4v) is 5.02. The molecule has 3 N–H and O–H groups in total. The first-order valence-electron chi connectivity index (χ1n) is 12.3. The van der Waals surface area contributed by atoms with E-state index in [1.807, 2.05) is 36.4 Å². The van der Waals surface area contributed by atoms with Crippen LogP contribution >= 0.6 is 0 Å². The number of nitrogens with one attached hydrogen (secondary N) is 3. The van der Waals surface area contributed by atoms with Gasteiger partial charge in [-0.2, -0.15) is 5.10 Å². The molecule has 3 unspecified atom stereocenters. The lowest BCUT2D eigenvalue weighted by atomic mass is 9.84. The first-order valence-corrected chi connectivity index (χ1v) is 12.3. The van der Waals surface area contributed by atoms with Gasteiger partial charge >= 0.3 is 0 Å². The molecule has 0 spiro atoms. The lowest BCUT2D eigenvalue weighted by Gasteiger charge is -2.37. The minimum atomic E-state index is -0.167. The predicted octanol–water partition coefficient (Wildman–Crippen LogP) is 4.11. The van der Waals surface area contributed by atoms with Crippen molar-refractivity contribution in [2.24, 2.45) is 11.8 Å². The molecule has 2 heterocycles. The van der Waals surface area contributed by atoms with E-state index in [1.54, 1.807) is 14.2 Å². The van der Waals surface area contributed by atoms with Crippen molar-refractivity contribution in [3.63, 3.8) is 0 Å². The molecule has 1 amide bonds. The van der Waals surface area contributed by atoms with Crippen molar-refractivity contribution >= 4 is 17.4 Å². The second kappa shape index (κ2) is 11.0. The third-order valence-corrected chi connectivity index (χ3v) is 6.90. The Morgan fingerprint density at radius 2 is 1.83 bits per heavy atom. The van der Waals surface area contributed by atoms with E-state index in [2.05, 4.69) is 52.6 Å². The number of benzene rings is 1. The van der Waals surface area contributed by atoms with E-state index in [-0.39, 0.29) is 11.8 Å². The summed E-state index contributed by atoms with van der Waals surface area (Å²) < 4.78 is 11.0. The summed E-state index contributed by atoms with van der Waals surface area (Å²) in [6.45, 7) is 8.46. The lowest BCUT2D eigenvalue weighted by Crippen LogP contribution is -2.54. The van der Waals surface area contributed by atoms with Crippen molar-refractivity contribution in [3.8, 4) is 0 Å². The van der Waals surface area contributed by atoms with E-state index in [0.717, 1.165) is 48.8 Å². The molecule has 1 aliphatic carbocycles. The number of carbonyl (C=O) groups excluding carboxylic acids is 1. The van der Waals surface area contributed by atoms with Crippen LogP contribution in [0.15, 0.2) is 54.0 Å². The summed E-state index contributed by atoms with van der Waals surface area (Å²) in [7, 11) is 3.37. The maximum Gasteiger partial charge on any atom is 0.256 e. The monoisotopic (exact) mass is 479 g/mol. The number of aromatic nitrogens is 2. The first kappa shape index (κ1) is 24.9. The SMILES string of the molecule is COC1=CC(CCc2cc(NC(=O)c3ccc(N4CC(C)N[C@H](C)C4)cc3)n[nH]2)C(C)C(OC)=C1. The zero-order chi connectivity index (χ0) is 24.9. The molecule has 1 fully saturated rings. The molecule has 1 aromatic carbocycles. The Kier molecular flexibility index (Phi) is 7.80. The fourth-order valence-electron chi connectivity index (χ4n) is 5.02. The van der Waals surface area contributed by atoms with Crippen molar-refractivity contribution in [2.45, 2.75) is 45.7 Å². The van der Waals surface area contributed by atoms with Crippen LogP contribution in [0.4, 0.5) is 11.5 Å². The summed E-state index contributed by atoms with van der Waals surface area (Å²) in [5.41, 5.74) is 2.73. The van der Waals surface area contributed by atoms with E-state index >= 15 is 0 Å². The van der Waals surface area contributed by atoms with Crippen LogP contribution < -0.4 is 15.5 Å². The number of methoxy groups -OCH3 is 2. The van der Waals surface area contributed by atoms with Crippen molar-refractivity contribution in [1.29, 1.82) is 0 Å². The largest absolute Gasteiger partial charge is 0.501 e. The number of H-pyrrole nitrogens is 1. The highest BCUT2D eigenvalue weighted by atomic mass is 16.5. The zero-order valence-corrected chi connectivity index (χ0v) is 21.3. The van der Waals surface area contributed by atoms with Gasteiger partial charge in [-0.05, 0) is 62.9 Å². The molecule has 35 heavy (non-hydrogen) atoms. The Labute approximate surface area is 207 Å². The molecule has 188 valence electrons. The van der Waals surface area contributed by atoms with E-state index in [4.69, 9.17) is 9.47 Å². The van der Waals surface area contributed by atoms with Gasteiger partial charge in [0.2, 0.25) is 0 Å². The summed E-state index contributed by atoms with van der Waals surface area (Å²) in [6.07, 6.45) is 5.81. The second-order valence-electron chi connectivity index (χ2n) is 9.67. The maximum atomic E-state index is 12.8. The van der Waals surface area contributed by atoms with Gasteiger partial charge in [-0.1, -0.05) is 6.92 Å². The van der Waals surface area contributed by atoms with Gasteiger partial charge in [0.25, 0.3) is 5.91 Å². The van der Waals surface area contributed by atoms with Gasteiger partial charge in [-0.15, -0.1) is 0 Å². The standard InChI is InChI=1S/C27H37N5O3/c1-17-15-32(16-18(2)28-17)23-10-7-20(8-11-23)27(33)29-26-13-22(30-31-26)9-6-21-12-24(34-4)14-25(35-5)19(21)3/h7-8,10-14,17-19,21,28H,6,9,15-16H2,1-5H3,(H2,29,30,31,33)/t17-,18?,19?,21?/m1/s1. The molecule has 1 aromatic heterocycles. The molecule has 8 heteroatoms. The Morgan fingerprint density at radius 3 is 2.49 bits per heavy atom. The molecule has 4 atom stereocenters. The molecule has 2 aromatic rings. The molecular weight excluding hydrogens is 442 g/mol. The molecule has 0 bridgehead atoms. The molecule has 1 aliphatic heterocycles. The third kappa shape index (κ3) is 6.06. The molecule has 0 saturated carbocycles. The number of aryl methyl sites for hydroxylation is 1. The van der Waals surface area contributed by atoms with Crippen LogP contribution in [0, 0.1) is 11.8 Å². The van der Waals surface area contributed by atoms with Crippen LogP contribution in [0.5, 0.6) is 0 Å². The molecule has 4 rings (SSSR count). The zero-order valence-electron chi connectivity index (χ0n) is 21.3. The predicted molar refractivity (Wildman–Crippen MR) is 138 cm³/mol. The van der Waals surface area contributed by atoms with E-state index < -0.39 is 0 Å². The number of allylic oxidation sites excluding steroid dienone is 3.